The Morgan fingerprint density at radius 1 is 1.25 bits per heavy atom. The lowest BCUT2D eigenvalue weighted by atomic mass is 9.95. The average Bonchev–Trinajstić information content (AvgIpc) is 2.55. The van der Waals surface area contributed by atoms with Crippen LogP contribution in [0.2, 0.25) is 0 Å². The number of nitrogens with two attached hydrogens (primary N) is 1. The molecule has 0 bridgehead atoms. The van der Waals surface area contributed by atoms with E-state index in [1.165, 1.54) is 18.2 Å². The number of primary amides is 1. The maximum atomic E-state index is 14.0. The van der Waals surface area contributed by atoms with Gasteiger partial charge in [-0.05, 0) is 36.6 Å². The molecule has 0 aliphatic carbocycles. The van der Waals surface area contributed by atoms with E-state index in [0.717, 1.165) is 12.5 Å². The van der Waals surface area contributed by atoms with Gasteiger partial charge in [-0.25, -0.2) is 13.8 Å². The molecule has 0 saturated heterocycles. The fourth-order valence-electron chi connectivity index (χ4n) is 2.40. The first-order chi connectivity index (χ1) is 11.5. The number of methoxy groups -OCH3 is 1. The van der Waals surface area contributed by atoms with Gasteiger partial charge in [-0.2, -0.15) is 0 Å². The van der Waals surface area contributed by atoms with Gasteiger partial charge in [-0.3, -0.25) is 4.79 Å². The van der Waals surface area contributed by atoms with Gasteiger partial charge in [-0.1, -0.05) is 0 Å². The van der Waals surface area contributed by atoms with Gasteiger partial charge < -0.3 is 15.2 Å². The zero-order chi connectivity index (χ0) is 17.7. The topological polar surface area (TPSA) is 74.4 Å². The van der Waals surface area contributed by atoms with Crippen molar-refractivity contribution in [3.63, 3.8) is 0 Å². The lowest BCUT2D eigenvalue weighted by molar-refractivity contribution is 0.0994. The van der Waals surface area contributed by atoms with E-state index in [1.54, 1.807) is 14.2 Å². The van der Waals surface area contributed by atoms with E-state index in [2.05, 4.69) is 9.72 Å². The minimum absolute atomic E-state index is 0.00521. The number of pyridine rings is 1. The van der Waals surface area contributed by atoms with Gasteiger partial charge in [0.25, 0.3) is 5.91 Å². The Hall–Kier alpha value is -2.54. The first kappa shape index (κ1) is 17.8. The second-order valence-corrected chi connectivity index (χ2v) is 5.19. The number of carbonyl (C=O) groups excluding carboxylic acids is 1. The molecule has 0 spiro atoms. The van der Waals surface area contributed by atoms with E-state index in [0.29, 0.717) is 24.2 Å². The van der Waals surface area contributed by atoms with Gasteiger partial charge in [0.05, 0.1) is 6.61 Å². The molecule has 1 aliphatic heterocycles. The van der Waals surface area contributed by atoms with Crippen molar-refractivity contribution in [1.82, 2.24) is 4.98 Å². The highest BCUT2D eigenvalue weighted by Crippen LogP contribution is 2.35. The van der Waals surface area contributed by atoms with Crippen LogP contribution < -0.4 is 10.5 Å². The van der Waals surface area contributed by atoms with Crippen LogP contribution >= 0.6 is 0 Å². The predicted molar refractivity (Wildman–Crippen MR) is 84.9 cm³/mol. The van der Waals surface area contributed by atoms with Gasteiger partial charge in [0, 0.05) is 31.4 Å². The minimum atomic E-state index is -0.726. The lowest BCUT2D eigenvalue weighted by Gasteiger charge is -2.20. The number of halogens is 2. The summed E-state index contributed by atoms with van der Waals surface area (Å²) in [5.74, 6) is -1.80. The number of rotatable bonds is 2. The van der Waals surface area contributed by atoms with Gasteiger partial charge in [-0.15, -0.1) is 0 Å². The standard InChI is InChI=1S/C15H12F2N2O2.C2H6O/c16-8-3-4-9(12(17)6-8)11-7-13(14(18)20)19-15-10(11)2-1-5-21-15;1-3-2/h3-4,6-7H,1-2,5H2,(H2,18,20);1-2H3. The average molecular weight is 336 g/mol. The number of nitrogens with zero attached hydrogens (tertiary/aromatic N) is 1. The summed E-state index contributed by atoms with van der Waals surface area (Å²) in [4.78, 5) is 15.4. The Labute approximate surface area is 138 Å². The molecule has 1 aromatic heterocycles. The van der Waals surface area contributed by atoms with E-state index in [1.807, 2.05) is 0 Å². The summed E-state index contributed by atoms with van der Waals surface area (Å²) in [6, 6.07) is 4.72. The molecule has 1 aliphatic rings. The zero-order valence-electron chi connectivity index (χ0n) is 13.4. The summed E-state index contributed by atoms with van der Waals surface area (Å²) in [7, 11) is 3.25. The zero-order valence-corrected chi connectivity index (χ0v) is 13.4. The smallest absolute Gasteiger partial charge is 0.267 e. The molecule has 1 amide bonds. The van der Waals surface area contributed by atoms with Crippen molar-refractivity contribution in [2.75, 3.05) is 20.8 Å². The van der Waals surface area contributed by atoms with E-state index in [4.69, 9.17) is 10.5 Å². The highest BCUT2D eigenvalue weighted by Gasteiger charge is 2.22. The van der Waals surface area contributed by atoms with Crippen molar-refractivity contribution in [3.8, 4) is 17.0 Å². The number of fused-ring (bicyclic) bond motifs is 1. The van der Waals surface area contributed by atoms with Crippen LogP contribution in [0.5, 0.6) is 5.88 Å². The van der Waals surface area contributed by atoms with Gasteiger partial charge in [0.15, 0.2) is 0 Å². The summed E-state index contributed by atoms with van der Waals surface area (Å²) in [6.45, 7) is 0.480. The van der Waals surface area contributed by atoms with Gasteiger partial charge in [0.2, 0.25) is 5.88 Å². The van der Waals surface area contributed by atoms with Crippen molar-refractivity contribution in [2.24, 2.45) is 5.73 Å². The quantitative estimate of drug-likeness (QED) is 0.915. The molecule has 0 unspecified atom stereocenters. The number of hydrogen-bond donors (Lipinski definition) is 1. The fourth-order valence-corrected chi connectivity index (χ4v) is 2.40. The third-order valence-corrected chi connectivity index (χ3v) is 3.37. The Bertz CT molecular complexity index is 751. The van der Waals surface area contributed by atoms with Crippen LogP contribution in [0.3, 0.4) is 0 Å². The normalized spacial score (nSPS) is 12.5. The van der Waals surface area contributed by atoms with Crippen LogP contribution in [-0.2, 0) is 11.2 Å². The molecule has 2 aromatic rings. The molecule has 5 nitrogen and oxygen atoms in total. The number of amides is 1. The molecule has 3 rings (SSSR count). The van der Waals surface area contributed by atoms with Crippen LogP contribution in [0.1, 0.15) is 22.5 Å². The van der Waals surface area contributed by atoms with Crippen LogP contribution in [0.4, 0.5) is 8.78 Å². The number of carbonyl (C=O) groups is 1. The van der Waals surface area contributed by atoms with E-state index in [-0.39, 0.29) is 17.1 Å². The maximum Gasteiger partial charge on any atom is 0.267 e. The van der Waals surface area contributed by atoms with Crippen LogP contribution in [0.15, 0.2) is 24.3 Å². The fraction of sp³-hybridized carbons (Fsp3) is 0.294. The number of benzene rings is 1. The van der Waals surface area contributed by atoms with Crippen molar-refractivity contribution < 1.29 is 23.0 Å². The summed E-state index contributed by atoms with van der Waals surface area (Å²) >= 11 is 0. The van der Waals surface area contributed by atoms with Crippen molar-refractivity contribution >= 4 is 5.91 Å². The highest BCUT2D eigenvalue weighted by molar-refractivity contribution is 5.93. The third kappa shape index (κ3) is 3.86. The Kier molecular flexibility index (Phi) is 5.81. The minimum Gasteiger partial charge on any atom is -0.477 e. The molecule has 1 aromatic carbocycles. The SMILES string of the molecule is COC.NC(=O)c1cc(-c2ccc(F)cc2F)c2c(n1)OCCC2. The second kappa shape index (κ2) is 7.83. The van der Waals surface area contributed by atoms with E-state index >= 15 is 0 Å². The first-order valence-electron chi connectivity index (χ1n) is 7.30. The van der Waals surface area contributed by atoms with Crippen molar-refractivity contribution in [1.29, 1.82) is 0 Å². The number of ether oxygens (including phenoxy) is 2. The molecular formula is C17H18F2N2O3. The van der Waals surface area contributed by atoms with Crippen molar-refractivity contribution in [2.45, 2.75) is 12.8 Å². The van der Waals surface area contributed by atoms with Gasteiger partial charge >= 0.3 is 0 Å². The second-order valence-electron chi connectivity index (χ2n) is 5.19. The summed E-state index contributed by atoms with van der Waals surface area (Å²) in [5.41, 5.74) is 6.61. The Morgan fingerprint density at radius 2 is 1.96 bits per heavy atom. The van der Waals surface area contributed by atoms with Gasteiger partial charge in [0.1, 0.15) is 17.3 Å². The maximum absolute atomic E-state index is 14.0. The molecule has 7 heteroatoms. The molecular weight excluding hydrogens is 318 g/mol. The summed E-state index contributed by atoms with van der Waals surface area (Å²) in [5, 5.41) is 0. The van der Waals surface area contributed by atoms with Crippen LogP contribution in [-0.4, -0.2) is 31.7 Å². The third-order valence-electron chi connectivity index (χ3n) is 3.37. The molecule has 0 fully saturated rings. The molecule has 24 heavy (non-hydrogen) atoms. The summed E-state index contributed by atoms with van der Waals surface area (Å²) in [6.07, 6.45) is 1.41. The monoisotopic (exact) mass is 336 g/mol. The number of aromatic nitrogens is 1. The summed E-state index contributed by atoms with van der Waals surface area (Å²) < 4.78 is 36.8. The van der Waals surface area contributed by atoms with Crippen LogP contribution in [0, 0.1) is 11.6 Å². The first-order valence-corrected chi connectivity index (χ1v) is 7.30. The molecule has 128 valence electrons. The Balaban J connectivity index is 0.000000647. The van der Waals surface area contributed by atoms with Crippen molar-refractivity contribution in [3.05, 3.63) is 47.2 Å². The molecule has 2 heterocycles. The number of hydrogen-bond acceptors (Lipinski definition) is 4. The lowest BCUT2D eigenvalue weighted by Crippen LogP contribution is -2.18. The van der Waals surface area contributed by atoms with E-state index in [9.17, 15) is 13.6 Å². The molecule has 0 atom stereocenters. The highest BCUT2D eigenvalue weighted by atomic mass is 19.1. The molecule has 0 saturated carbocycles. The largest absolute Gasteiger partial charge is 0.477 e. The molecule has 0 radical (unpaired) electrons. The van der Waals surface area contributed by atoms with E-state index < -0.39 is 17.5 Å². The predicted octanol–water partition coefficient (Wildman–Crippen LogP) is 2.71. The van der Waals surface area contributed by atoms with Crippen LogP contribution in [0.25, 0.3) is 11.1 Å². The Morgan fingerprint density at radius 3 is 2.58 bits per heavy atom. The molecule has 2 N–H and O–H groups in total.